The van der Waals surface area contributed by atoms with Gasteiger partial charge in [0.15, 0.2) is 0 Å². The number of anilines is 1. The molecule has 0 aliphatic carbocycles. The van der Waals surface area contributed by atoms with Crippen molar-refractivity contribution >= 4 is 17.7 Å². The van der Waals surface area contributed by atoms with Crippen LogP contribution in [0.15, 0.2) is 18.3 Å². The van der Waals surface area contributed by atoms with Crippen LogP contribution in [0.1, 0.15) is 23.2 Å². The number of hydrogen-bond acceptors (Lipinski definition) is 4. The number of terminal acetylenes is 1. The van der Waals surface area contributed by atoms with Gasteiger partial charge < -0.3 is 15.7 Å². The SMILES string of the molecule is C#CCNC(=O)c1ccc(NCCCC(=O)O)nc1. The minimum atomic E-state index is -0.824. The zero-order chi connectivity index (χ0) is 14.1. The standard InChI is InChI=1S/C13H15N3O3/c1-2-7-15-13(19)10-5-6-11(16-9-10)14-8-3-4-12(17)18/h1,5-6,9H,3-4,7-8H2,(H,14,16)(H,15,19)(H,17,18). The first kappa shape index (κ1) is 14.5. The molecule has 0 saturated heterocycles. The van der Waals surface area contributed by atoms with E-state index in [4.69, 9.17) is 11.5 Å². The highest BCUT2D eigenvalue weighted by Crippen LogP contribution is 2.05. The van der Waals surface area contributed by atoms with Crippen LogP contribution in [0.2, 0.25) is 0 Å². The summed E-state index contributed by atoms with van der Waals surface area (Å²) in [4.78, 5) is 25.9. The summed E-state index contributed by atoms with van der Waals surface area (Å²) in [6, 6.07) is 3.28. The second-order valence-corrected chi connectivity index (χ2v) is 3.74. The van der Waals surface area contributed by atoms with Crippen molar-refractivity contribution in [2.24, 2.45) is 0 Å². The lowest BCUT2D eigenvalue weighted by atomic mass is 10.2. The van der Waals surface area contributed by atoms with Crippen LogP contribution < -0.4 is 10.6 Å². The molecule has 1 aromatic rings. The Kier molecular flexibility index (Phi) is 5.89. The number of rotatable bonds is 7. The quantitative estimate of drug-likeness (QED) is 0.497. The van der Waals surface area contributed by atoms with E-state index in [1.54, 1.807) is 12.1 Å². The number of carbonyl (C=O) groups excluding carboxylic acids is 1. The van der Waals surface area contributed by atoms with E-state index in [1.165, 1.54) is 6.20 Å². The molecular weight excluding hydrogens is 246 g/mol. The summed E-state index contributed by atoms with van der Waals surface area (Å²) in [5.74, 6) is 1.81. The molecule has 1 heterocycles. The molecule has 0 bridgehead atoms. The summed E-state index contributed by atoms with van der Waals surface area (Å²) in [5.41, 5.74) is 0.423. The summed E-state index contributed by atoms with van der Waals surface area (Å²) < 4.78 is 0. The average molecular weight is 261 g/mol. The molecule has 0 unspecified atom stereocenters. The monoisotopic (exact) mass is 261 g/mol. The maximum absolute atomic E-state index is 11.5. The zero-order valence-electron chi connectivity index (χ0n) is 10.3. The zero-order valence-corrected chi connectivity index (χ0v) is 10.3. The van der Waals surface area contributed by atoms with E-state index >= 15 is 0 Å². The Morgan fingerprint density at radius 3 is 2.79 bits per heavy atom. The average Bonchev–Trinajstić information content (AvgIpc) is 2.41. The first-order valence-electron chi connectivity index (χ1n) is 5.77. The Labute approximate surface area is 111 Å². The van der Waals surface area contributed by atoms with Crippen molar-refractivity contribution in [2.45, 2.75) is 12.8 Å². The number of pyridine rings is 1. The lowest BCUT2D eigenvalue weighted by Crippen LogP contribution is -2.23. The van der Waals surface area contributed by atoms with Gasteiger partial charge in [-0.3, -0.25) is 9.59 Å². The van der Waals surface area contributed by atoms with Crippen molar-refractivity contribution in [3.63, 3.8) is 0 Å². The molecule has 100 valence electrons. The van der Waals surface area contributed by atoms with Gasteiger partial charge in [-0.15, -0.1) is 6.42 Å². The number of carboxylic acid groups (broad SMARTS) is 1. The van der Waals surface area contributed by atoms with Crippen LogP contribution in [-0.2, 0) is 4.79 Å². The van der Waals surface area contributed by atoms with Crippen LogP contribution in [0.3, 0.4) is 0 Å². The number of nitrogens with one attached hydrogen (secondary N) is 2. The summed E-state index contributed by atoms with van der Waals surface area (Å²) in [7, 11) is 0. The third-order valence-corrected chi connectivity index (χ3v) is 2.25. The van der Waals surface area contributed by atoms with Crippen molar-refractivity contribution in [3.05, 3.63) is 23.9 Å². The summed E-state index contributed by atoms with van der Waals surface area (Å²) in [5, 5.41) is 14.0. The number of amides is 1. The predicted molar refractivity (Wildman–Crippen MR) is 70.8 cm³/mol. The summed E-state index contributed by atoms with van der Waals surface area (Å²) in [6.45, 7) is 0.690. The predicted octanol–water partition coefficient (Wildman–Crippen LogP) is 0.721. The molecule has 0 aliphatic heterocycles. The maximum Gasteiger partial charge on any atom is 0.303 e. The molecule has 0 aromatic carbocycles. The van der Waals surface area contributed by atoms with Crippen molar-refractivity contribution in [3.8, 4) is 12.3 Å². The van der Waals surface area contributed by atoms with E-state index in [9.17, 15) is 9.59 Å². The highest BCUT2D eigenvalue weighted by Gasteiger charge is 2.04. The first-order chi connectivity index (χ1) is 9.13. The van der Waals surface area contributed by atoms with Crippen molar-refractivity contribution in [1.82, 2.24) is 10.3 Å². The van der Waals surface area contributed by atoms with Gasteiger partial charge in [0.1, 0.15) is 5.82 Å². The molecule has 0 aliphatic rings. The van der Waals surface area contributed by atoms with Crippen molar-refractivity contribution in [1.29, 1.82) is 0 Å². The smallest absolute Gasteiger partial charge is 0.303 e. The minimum absolute atomic E-state index is 0.111. The van der Waals surface area contributed by atoms with Crippen LogP contribution in [0.25, 0.3) is 0 Å². The molecule has 1 rings (SSSR count). The van der Waals surface area contributed by atoms with Gasteiger partial charge in [0.25, 0.3) is 5.91 Å². The Bertz CT molecular complexity index is 477. The van der Waals surface area contributed by atoms with E-state index in [2.05, 4.69) is 21.5 Å². The van der Waals surface area contributed by atoms with Crippen LogP contribution >= 0.6 is 0 Å². The second kappa shape index (κ2) is 7.71. The molecule has 0 atom stereocenters. The molecule has 0 saturated carbocycles. The molecule has 19 heavy (non-hydrogen) atoms. The minimum Gasteiger partial charge on any atom is -0.481 e. The number of carboxylic acids is 1. The Hall–Kier alpha value is -2.55. The van der Waals surface area contributed by atoms with Gasteiger partial charge in [-0.25, -0.2) is 4.98 Å². The van der Waals surface area contributed by atoms with E-state index in [0.29, 0.717) is 24.3 Å². The Morgan fingerprint density at radius 1 is 1.42 bits per heavy atom. The number of hydrogen-bond donors (Lipinski definition) is 3. The Morgan fingerprint density at radius 2 is 2.21 bits per heavy atom. The van der Waals surface area contributed by atoms with Gasteiger partial charge in [-0.2, -0.15) is 0 Å². The second-order valence-electron chi connectivity index (χ2n) is 3.74. The number of carbonyl (C=O) groups is 2. The Balaban J connectivity index is 2.41. The largest absolute Gasteiger partial charge is 0.481 e. The van der Waals surface area contributed by atoms with Crippen LogP contribution in [0.4, 0.5) is 5.82 Å². The van der Waals surface area contributed by atoms with Gasteiger partial charge in [0, 0.05) is 19.2 Å². The van der Waals surface area contributed by atoms with Crippen LogP contribution in [-0.4, -0.2) is 35.1 Å². The fraction of sp³-hybridized carbons (Fsp3) is 0.308. The summed E-state index contributed by atoms with van der Waals surface area (Å²) >= 11 is 0. The molecule has 0 radical (unpaired) electrons. The van der Waals surface area contributed by atoms with Crippen LogP contribution in [0.5, 0.6) is 0 Å². The van der Waals surface area contributed by atoms with Gasteiger partial charge in [-0.1, -0.05) is 5.92 Å². The van der Waals surface area contributed by atoms with Gasteiger partial charge in [-0.05, 0) is 18.6 Å². The first-order valence-corrected chi connectivity index (χ1v) is 5.77. The highest BCUT2D eigenvalue weighted by atomic mass is 16.4. The van der Waals surface area contributed by atoms with Gasteiger partial charge >= 0.3 is 5.97 Å². The molecule has 1 amide bonds. The van der Waals surface area contributed by atoms with Gasteiger partial charge in [0.2, 0.25) is 0 Å². The van der Waals surface area contributed by atoms with Crippen molar-refractivity contribution in [2.75, 3.05) is 18.4 Å². The molecule has 0 spiro atoms. The number of aromatic nitrogens is 1. The number of aliphatic carboxylic acids is 1. The van der Waals surface area contributed by atoms with Crippen LogP contribution in [0, 0.1) is 12.3 Å². The van der Waals surface area contributed by atoms with Crippen molar-refractivity contribution < 1.29 is 14.7 Å². The highest BCUT2D eigenvalue weighted by molar-refractivity contribution is 5.94. The fourth-order valence-electron chi connectivity index (χ4n) is 1.32. The molecule has 6 nitrogen and oxygen atoms in total. The number of nitrogens with zero attached hydrogens (tertiary/aromatic N) is 1. The normalized spacial score (nSPS) is 9.42. The van der Waals surface area contributed by atoms with E-state index in [-0.39, 0.29) is 18.9 Å². The molecule has 1 aromatic heterocycles. The lowest BCUT2D eigenvalue weighted by molar-refractivity contribution is -0.137. The molecule has 0 fully saturated rings. The topological polar surface area (TPSA) is 91.3 Å². The molecular formula is C13H15N3O3. The third-order valence-electron chi connectivity index (χ3n) is 2.25. The van der Waals surface area contributed by atoms with E-state index in [0.717, 1.165) is 0 Å². The molecule has 3 N–H and O–H groups in total. The fourth-order valence-corrected chi connectivity index (χ4v) is 1.32. The van der Waals surface area contributed by atoms with E-state index in [1.807, 2.05) is 0 Å². The third kappa shape index (κ3) is 5.55. The van der Waals surface area contributed by atoms with E-state index < -0.39 is 5.97 Å². The maximum atomic E-state index is 11.5. The van der Waals surface area contributed by atoms with Gasteiger partial charge in [0.05, 0.1) is 12.1 Å². The lowest BCUT2D eigenvalue weighted by Gasteiger charge is -2.05. The summed E-state index contributed by atoms with van der Waals surface area (Å²) in [6.07, 6.45) is 7.10. The molecule has 6 heteroatoms.